The molecule has 1 fully saturated rings. The molecule has 5 amide bonds. The lowest BCUT2D eigenvalue weighted by molar-refractivity contribution is -0.139. The van der Waals surface area contributed by atoms with Gasteiger partial charge >= 0.3 is 11.9 Å². The summed E-state index contributed by atoms with van der Waals surface area (Å²) in [6, 6.07) is -3.94. The number of hydrogen-bond acceptors (Lipinski definition) is 8. The third-order valence-electron chi connectivity index (χ3n) is 5.77. The van der Waals surface area contributed by atoms with Crippen LogP contribution in [-0.2, 0) is 38.3 Å². The largest absolute Gasteiger partial charge is 0.481 e. The van der Waals surface area contributed by atoms with Gasteiger partial charge in [-0.1, -0.05) is 6.08 Å². The maximum Gasteiger partial charge on any atom is 0.330 e. The minimum Gasteiger partial charge on any atom is -0.481 e. The van der Waals surface area contributed by atoms with E-state index >= 15 is 0 Å². The number of esters is 1. The highest BCUT2D eigenvalue weighted by molar-refractivity contribution is 5.94. The van der Waals surface area contributed by atoms with Gasteiger partial charge in [-0.25, -0.2) is 4.79 Å². The summed E-state index contributed by atoms with van der Waals surface area (Å²) >= 11 is 0. The van der Waals surface area contributed by atoms with Crippen LogP contribution in [-0.4, -0.2) is 88.8 Å². The van der Waals surface area contributed by atoms with E-state index in [1.54, 1.807) is 6.92 Å². The molecule has 0 radical (unpaired) electrons. The number of nitrogens with two attached hydrogens (primary N) is 1. The first-order valence-electron chi connectivity index (χ1n) is 12.4. The number of amides is 5. The van der Waals surface area contributed by atoms with Gasteiger partial charge in [0.05, 0.1) is 6.61 Å². The third kappa shape index (κ3) is 11.4. The molecule has 1 heterocycles. The van der Waals surface area contributed by atoms with Crippen molar-refractivity contribution in [3.05, 3.63) is 12.2 Å². The summed E-state index contributed by atoms with van der Waals surface area (Å²) in [4.78, 5) is 85.5. The quantitative estimate of drug-likeness (QED) is 0.124. The molecule has 1 saturated heterocycles. The van der Waals surface area contributed by atoms with E-state index in [9.17, 15) is 33.6 Å². The van der Waals surface area contributed by atoms with Gasteiger partial charge in [-0.15, -0.1) is 0 Å². The number of nitrogens with one attached hydrogen (secondary N) is 3. The lowest BCUT2D eigenvalue weighted by Gasteiger charge is -2.25. The number of rotatable bonds is 15. The highest BCUT2D eigenvalue weighted by Crippen LogP contribution is 2.17. The number of aliphatic carboxylic acids is 1. The van der Waals surface area contributed by atoms with Gasteiger partial charge in [0.15, 0.2) is 0 Å². The van der Waals surface area contributed by atoms with Gasteiger partial charge < -0.3 is 36.4 Å². The SMILES string of the molecule is CCOC(=O)/C=C/[C@H](CCC(N)=O)NC(=O)[C@H](CCC(=O)O)NC(=O)[C@H](C)NC(=O)[C@@H]1CCCN1C(C)=O. The van der Waals surface area contributed by atoms with Gasteiger partial charge in [0, 0.05) is 38.4 Å². The van der Waals surface area contributed by atoms with E-state index in [0.29, 0.717) is 19.4 Å². The summed E-state index contributed by atoms with van der Waals surface area (Å²) in [6.45, 7) is 4.93. The number of primary amides is 1. The number of likely N-dealkylation sites (tertiary alicyclic amines) is 1. The fraction of sp³-hybridized carbons (Fsp3) is 0.625. The Morgan fingerprint density at radius 1 is 1.05 bits per heavy atom. The molecule has 14 nitrogen and oxygen atoms in total. The average Bonchev–Trinajstić information content (AvgIpc) is 3.33. The molecule has 0 bridgehead atoms. The lowest BCUT2D eigenvalue weighted by Crippen LogP contribution is -2.56. The summed E-state index contributed by atoms with van der Waals surface area (Å²) in [5, 5.41) is 16.6. The summed E-state index contributed by atoms with van der Waals surface area (Å²) in [5.74, 6) is -4.78. The maximum absolute atomic E-state index is 13.0. The molecule has 0 saturated carbocycles. The lowest BCUT2D eigenvalue weighted by atomic mass is 10.1. The molecule has 0 aromatic rings. The Morgan fingerprint density at radius 2 is 1.74 bits per heavy atom. The molecule has 0 aromatic carbocycles. The van der Waals surface area contributed by atoms with Crippen molar-refractivity contribution in [3.63, 3.8) is 0 Å². The Balaban J connectivity index is 2.91. The minimum absolute atomic E-state index is 0.0388. The number of carboxylic acid groups (broad SMARTS) is 1. The number of hydrogen-bond donors (Lipinski definition) is 5. The van der Waals surface area contributed by atoms with Gasteiger partial charge in [0.2, 0.25) is 29.5 Å². The predicted molar refractivity (Wildman–Crippen MR) is 133 cm³/mol. The summed E-state index contributed by atoms with van der Waals surface area (Å²) in [6.07, 6.45) is 2.69. The first-order chi connectivity index (χ1) is 17.8. The molecule has 0 aromatic heterocycles. The molecule has 38 heavy (non-hydrogen) atoms. The van der Waals surface area contributed by atoms with Crippen LogP contribution in [0.4, 0.5) is 0 Å². The monoisotopic (exact) mass is 539 g/mol. The van der Waals surface area contributed by atoms with Crippen molar-refractivity contribution in [1.82, 2.24) is 20.9 Å². The van der Waals surface area contributed by atoms with E-state index in [0.717, 1.165) is 6.08 Å². The van der Waals surface area contributed by atoms with Crippen molar-refractivity contribution in [3.8, 4) is 0 Å². The molecule has 212 valence electrons. The molecule has 0 aliphatic carbocycles. The topological polar surface area (TPSA) is 214 Å². The second kappa shape index (κ2) is 16.0. The van der Waals surface area contributed by atoms with Crippen molar-refractivity contribution in [1.29, 1.82) is 0 Å². The second-order valence-electron chi connectivity index (χ2n) is 8.83. The standard InChI is InChI=1S/C24H37N5O9/c1-4-38-21(34)12-8-16(7-10-19(25)31)27-23(36)17(9-11-20(32)33)28-22(35)14(2)26-24(37)18-6-5-13-29(18)15(3)30/h8,12,14,16-18H,4-7,9-11,13H2,1-3H3,(H2,25,31)(H,26,37)(H,27,36)(H,28,35)(H,32,33)/b12-8+/t14-,16-,17-,18-/m0/s1. The average molecular weight is 540 g/mol. The van der Waals surface area contributed by atoms with Gasteiger partial charge in [-0.2, -0.15) is 0 Å². The van der Waals surface area contributed by atoms with E-state index in [1.807, 2.05) is 0 Å². The zero-order chi connectivity index (χ0) is 28.8. The fourth-order valence-corrected chi connectivity index (χ4v) is 3.81. The second-order valence-corrected chi connectivity index (χ2v) is 8.83. The number of carboxylic acids is 1. The summed E-state index contributed by atoms with van der Waals surface area (Å²) in [5.41, 5.74) is 5.18. The molecule has 6 N–H and O–H groups in total. The van der Waals surface area contributed by atoms with Gasteiger partial charge in [0.25, 0.3) is 0 Å². The highest BCUT2D eigenvalue weighted by atomic mass is 16.5. The molecular weight excluding hydrogens is 502 g/mol. The van der Waals surface area contributed by atoms with Crippen LogP contribution in [0.15, 0.2) is 12.2 Å². The van der Waals surface area contributed by atoms with E-state index in [1.165, 1.54) is 24.8 Å². The van der Waals surface area contributed by atoms with E-state index < -0.39 is 66.2 Å². The Labute approximate surface area is 220 Å². The molecule has 1 aliphatic heterocycles. The van der Waals surface area contributed by atoms with Crippen LogP contribution in [0.3, 0.4) is 0 Å². The highest BCUT2D eigenvalue weighted by Gasteiger charge is 2.34. The molecule has 4 atom stereocenters. The Kier molecular flexibility index (Phi) is 13.5. The van der Waals surface area contributed by atoms with Crippen LogP contribution >= 0.6 is 0 Å². The molecular formula is C24H37N5O9. The normalized spacial score (nSPS) is 17.2. The Hall–Kier alpha value is -3.97. The van der Waals surface area contributed by atoms with Gasteiger partial charge in [-0.3, -0.25) is 28.8 Å². The number of carbonyl (C=O) groups is 7. The first kappa shape index (κ1) is 32.1. The van der Waals surface area contributed by atoms with Crippen molar-refractivity contribution in [2.45, 2.75) is 83.5 Å². The number of carbonyl (C=O) groups excluding carboxylic acids is 6. The Bertz CT molecular complexity index is 936. The number of ether oxygens (including phenoxy) is 1. The summed E-state index contributed by atoms with van der Waals surface area (Å²) in [7, 11) is 0. The third-order valence-corrected chi connectivity index (χ3v) is 5.77. The van der Waals surface area contributed by atoms with Crippen LogP contribution in [0.5, 0.6) is 0 Å². The van der Waals surface area contributed by atoms with E-state index in [4.69, 9.17) is 15.6 Å². The van der Waals surface area contributed by atoms with Crippen molar-refractivity contribution in [2.24, 2.45) is 5.73 Å². The fourth-order valence-electron chi connectivity index (χ4n) is 3.81. The molecule has 1 aliphatic rings. The van der Waals surface area contributed by atoms with Crippen molar-refractivity contribution >= 4 is 41.5 Å². The summed E-state index contributed by atoms with van der Waals surface area (Å²) < 4.78 is 4.79. The van der Waals surface area contributed by atoms with Gasteiger partial charge in [-0.05, 0) is 39.5 Å². The van der Waals surface area contributed by atoms with Crippen LogP contribution in [0.2, 0.25) is 0 Å². The van der Waals surface area contributed by atoms with Crippen molar-refractivity contribution < 1.29 is 43.4 Å². The van der Waals surface area contributed by atoms with E-state index in [-0.39, 0.29) is 31.8 Å². The molecule has 1 rings (SSSR count). The zero-order valence-corrected chi connectivity index (χ0v) is 21.9. The predicted octanol–water partition coefficient (Wildman–Crippen LogP) is -1.28. The van der Waals surface area contributed by atoms with Crippen LogP contribution in [0, 0.1) is 0 Å². The van der Waals surface area contributed by atoms with E-state index in [2.05, 4.69) is 16.0 Å². The first-order valence-corrected chi connectivity index (χ1v) is 12.4. The minimum atomic E-state index is -1.30. The molecule has 0 unspecified atom stereocenters. The maximum atomic E-state index is 13.0. The zero-order valence-electron chi connectivity index (χ0n) is 21.9. The van der Waals surface area contributed by atoms with Crippen molar-refractivity contribution in [2.75, 3.05) is 13.2 Å². The number of nitrogens with zero attached hydrogens (tertiary/aromatic N) is 1. The van der Waals surface area contributed by atoms with Gasteiger partial charge in [0.1, 0.15) is 18.1 Å². The van der Waals surface area contributed by atoms with Crippen LogP contribution < -0.4 is 21.7 Å². The molecule has 14 heteroatoms. The van der Waals surface area contributed by atoms with Crippen LogP contribution in [0.25, 0.3) is 0 Å². The Morgan fingerprint density at radius 3 is 2.32 bits per heavy atom. The van der Waals surface area contributed by atoms with Crippen LogP contribution in [0.1, 0.15) is 59.3 Å². The smallest absolute Gasteiger partial charge is 0.330 e. The molecule has 0 spiro atoms.